The quantitative estimate of drug-likeness (QED) is 0.0604. The van der Waals surface area contributed by atoms with Crippen LogP contribution in [0.5, 0.6) is 0 Å². The van der Waals surface area contributed by atoms with Crippen LogP contribution < -0.4 is 21.9 Å². The Bertz CT molecular complexity index is 1520. The van der Waals surface area contributed by atoms with Crippen molar-refractivity contribution in [1.29, 1.82) is 0 Å². The summed E-state index contributed by atoms with van der Waals surface area (Å²) in [6, 6.07) is 39.5. The number of halogens is 1. The Kier molecular flexibility index (Phi) is 20.9. The fraction of sp³-hybridized carbons (Fsp3) is 0.447. The summed E-state index contributed by atoms with van der Waals surface area (Å²) >= 11 is 4.17. The van der Waals surface area contributed by atoms with E-state index in [1.807, 2.05) is 11.8 Å². The molecule has 0 aromatic heterocycles. The zero-order valence-corrected chi connectivity index (χ0v) is 37.1. The zero-order valence-electron chi connectivity index (χ0n) is 33.0. The minimum absolute atomic E-state index is 0. The predicted molar refractivity (Wildman–Crippen MR) is 239 cm³/mol. The predicted octanol–water partition coefficient (Wildman–Crippen LogP) is 12.7. The van der Waals surface area contributed by atoms with Gasteiger partial charge in [-0.1, -0.05) is 146 Å². The van der Waals surface area contributed by atoms with Crippen LogP contribution in [0.25, 0.3) is 5.57 Å². The lowest BCUT2D eigenvalue weighted by Gasteiger charge is -2.35. The number of unbranched alkanes of at least 4 members (excludes halogenated alkanes) is 3. The normalized spacial score (nSPS) is 12.6. The van der Waals surface area contributed by atoms with Gasteiger partial charge in [0.15, 0.2) is 0 Å². The van der Waals surface area contributed by atoms with Gasteiger partial charge in [-0.15, -0.1) is 23.5 Å². The first-order valence-corrected chi connectivity index (χ1v) is 24.5. The van der Waals surface area contributed by atoms with Crippen molar-refractivity contribution >= 4 is 53.4 Å². The van der Waals surface area contributed by atoms with Crippen LogP contribution in [0.1, 0.15) is 116 Å². The monoisotopic (exact) mass is 817 g/mol. The van der Waals surface area contributed by atoms with Crippen molar-refractivity contribution in [1.82, 2.24) is 0 Å². The maximum absolute atomic E-state index is 2.45. The largest absolute Gasteiger partial charge is 1.00 e. The second-order valence-electron chi connectivity index (χ2n) is 14.0. The number of benzene rings is 4. The smallest absolute Gasteiger partial charge is 0.0602 e. The zero-order chi connectivity index (χ0) is 36.3. The van der Waals surface area contributed by atoms with E-state index in [0.717, 1.165) is 5.75 Å². The average Bonchev–Trinajstić information content (AvgIpc) is 3.19. The molecule has 4 aromatic rings. The lowest BCUT2D eigenvalue weighted by Crippen LogP contribution is -3.00. The Morgan fingerprint density at radius 3 is 1.52 bits per heavy atom. The molecule has 0 amide bonds. The molecule has 282 valence electrons. The minimum atomic E-state index is -0.845. The highest BCUT2D eigenvalue weighted by Crippen LogP contribution is 2.61. The van der Waals surface area contributed by atoms with Gasteiger partial charge >= 0.3 is 0 Å². The molecular formula is C47H65BrNPS2. The summed E-state index contributed by atoms with van der Waals surface area (Å²) in [4.78, 5) is 2.45. The van der Waals surface area contributed by atoms with E-state index in [4.69, 9.17) is 0 Å². The molecule has 0 N–H and O–H groups in total. The summed E-state index contributed by atoms with van der Waals surface area (Å²) in [6.07, 6.45) is 17.0. The van der Waals surface area contributed by atoms with Gasteiger partial charge in [0.05, 0.1) is 36.0 Å². The molecule has 4 aromatic carbocycles. The maximum atomic E-state index is 2.45. The van der Waals surface area contributed by atoms with Crippen LogP contribution in [0, 0.1) is 0 Å². The second kappa shape index (κ2) is 24.4. The second-order valence-corrected chi connectivity index (χ2v) is 21.1. The van der Waals surface area contributed by atoms with E-state index in [1.165, 1.54) is 125 Å². The van der Waals surface area contributed by atoms with Crippen molar-refractivity contribution in [3.05, 3.63) is 130 Å². The van der Waals surface area contributed by atoms with E-state index in [0.29, 0.717) is 5.92 Å². The molecule has 0 spiro atoms. The van der Waals surface area contributed by atoms with Crippen LogP contribution in [-0.2, 0) is 0 Å². The van der Waals surface area contributed by atoms with Crippen molar-refractivity contribution in [2.45, 2.75) is 98.8 Å². The number of fused-ring (bicyclic) bond motifs is 2. The van der Waals surface area contributed by atoms with E-state index in [2.05, 4.69) is 167 Å². The molecule has 1 aliphatic rings. The van der Waals surface area contributed by atoms with Gasteiger partial charge in [0.1, 0.15) is 0 Å². The number of hydrogen-bond acceptors (Lipinski definition) is 3. The van der Waals surface area contributed by atoms with Gasteiger partial charge in [0.25, 0.3) is 0 Å². The minimum Gasteiger partial charge on any atom is -1.00 e. The number of hydrogen-bond donors (Lipinski definition) is 0. The van der Waals surface area contributed by atoms with Gasteiger partial charge in [-0.2, -0.15) is 0 Å². The maximum Gasteiger partial charge on any atom is 0.0602 e. The van der Waals surface area contributed by atoms with Gasteiger partial charge in [0.2, 0.25) is 0 Å². The summed E-state index contributed by atoms with van der Waals surface area (Å²) in [5.41, 5.74) is 9.38. The molecule has 0 saturated carbocycles. The first kappa shape index (κ1) is 44.4. The summed E-state index contributed by atoms with van der Waals surface area (Å²) in [5, 5.41) is 0. The number of rotatable bonds is 19. The van der Waals surface area contributed by atoms with Gasteiger partial charge in [-0.05, 0) is 73.6 Å². The van der Waals surface area contributed by atoms with E-state index in [1.54, 1.807) is 0 Å². The van der Waals surface area contributed by atoms with Crippen molar-refractivity contribution in [3.63, 3.8) is 0 Å². The SMILES string of the molecule is CCC(C)c1ccccc1.CCCC[P+](CCCC)(CCCC)CCCSC(SCC)=C1c2ccccc2N(c2ccccc2)c2ccccc21.[Br-]. The summed E-state index contributed by atoms with van der Waals surface area (Å²) in [5.74, 6) is 3.03. The Morgan fingerprint density at radius 1 is 0.577 bits per heavy atom. The van der Waals surface area contributed by atoms with Crippen LogP contribution >= 0.6 is 30.8 Å². The Labute approximate surface area is 338 Å². The molecule has 0 saturated heterocycles. The van der Waals surface area contributed by atoms with E-state index in [9.17, 15) is 0 Å². The van der Waals surface area contributed by atoms with Crippen molar-refractivity contribution < 1.29 is 17.0 Å². The van der Waals surface area contributed by atoms with Gasteiger partial charge in [0, 0.05) is 39.6 Å². The molecule has 0 radical (unpaired) electrons. The van der Waals surface area contributed by atoms with Gasteiger partial charge in [-0.25, -0.2) is 0 Å². The summed E-state index contributed by atoms with van der Waals surface area (Å²) in [7, 11) is -0.845. The van der Waals surface area contributed by atoms with Crippen molar-refractivity contribution in [2.75, 3.05) is 41.1 Å². The Hall–Kier alpha value is -1.97. The first-order chi connectivity index (χ1) is 25.0. The van der Waals surface area contributed by atoms with E-state index < -0.39 is 7.26 Å². The third-order valence-electron chi connectivity index (χ3n) is 10.3. The third kappa shape index (κ3) is 12.5. The van der Waals surface area contributed by atoms with Crippen LogP contribution in [-0.4, -0.2) is 36.2 Å². The van der Waals surface area contributed by atoms with Gasteiger partial charge < -0.3 is 21.9 Å². The highest BCUT2D eigenvalue weighted by molar-refractivity contribution is 8.22. The average molecular weight is 819 g/mol. The van der Waals surface area contributed by atoms with E-state index >= 15 is 0 Å². The molecule has 52 heavy (non-hydrogen) atoms. The molecule has 5 heteroatoms. The molecular weight excluding hydrogens is 754 g/mol. The number of nitrogens with zero attached hydrogens (tertiary/aromatic N) is 1. The van der Waals surface area contributed by atoms with Crippen LogP contribution in [0.4, 0.5) is 17.1 Å². The molecule has 0 aliphatic carbocycles. The fourth-order valence-corrected chi connectivity index (χ4v) is 14.9. The molecule has 5 rings (SSSR count). The number of thioether (sulfide) groups is 2. The lowest BCUT2D eigenvalue weighted by atomic mass is 9.91. The lowest BCUT2D eigenvalue weighted by molar-refractivity contribution is -0.0000105. The molecule has 0 fully saturated rings. The highest BCUT2D eigenvalue weighted by atomic mass is 79.9. The molecule has 1 atom stereocenters. The van der Waals surface area contributed by atoms with Crippen LogP contribution in [0.3, 0.4) is 0 Å². The van der Waals surface area contributed by atoms with Crippen molar-refractivity contribution in [2.24, 2.45) is 0 Å². The Balaban J connectivity index is 0.000000572. The van der Waals surface area contributed by atoms with Crippen LogP contribution in [0.15, 0.2) is 113 Å². The summed E-state index contributed by atoms with van der Waals surface area (Å²) in [6.45, 7) is 13.9. The Morgan fingerprint density at radius 2 is 1.04 bits per heavy atom. The standard InChI is InChI=1S/C37H51NPS2.C10H14.BrH/c1-5-9-26-39(27-10-6-2,28-11-7-3)29-19-30-41-37(40-8-4)36-32-22-15-17-24-34(32)38(31-20-13-12-14-21-31)35-25-18-16-23-33(35)36;1-3-9(2)10-7-5-4-6-8-10;/h12-18,20-25H,5-11,19,26-30H2,1-4H3;4-9H,3H2,1-2H3;1H/q+1;;/p-1. The third-order valence-corrected chi connectivity index (χ3v) is 17.8. The topological polar surface area (TPSA) is 3.24 Å². The molecule has 1 unspecified atom stereocenters. The highest BCUT2D eigenvalue weighted by Gasteiger charge is 2.35. The molecule has 1 heterocycles. The van der Waals surface area contributed by atoms with E-state index in [-0.39, 0.29) is 17.0 Å². The summed E-state index contributed by atoms with van der Waals surface area (Å²) < 4.78 is 1.50. The van der Waals surface area contributed by atoms with Gasteiger partial charge in [-0.3, -0.25) is 0 Å². The number of para-hydroxylation sites is 3. The number of anilines is 3. The fourth-order valence-electron chi connectivity index (χ4n) is 7.16. The first-order valence-electron chi connectivity index (χ1n) is 20.0. The molecule has 0 bridgehead atoms. The van der Waals surface area contributed by atoms with Crippen molar-refractivity contribution in [3.8, 4) is 0 Å². The molecule has 1 aliphatic heterocycles. The molecule has 1 nitrogen and oxygen atoms in total. The van der Waals surface area contributed by atoms with Crippen LogP contribution in [0.2, 0.25) is 0 Å².